The first-order valence-electron chi connectivity index (χ1n) is 6.70. The highest BCUT2D eigenvalue weighted by Crippen LogP contribution is 2.19. The fraction of sp³-hybridized carbons (Fsp3) is 0.600. The lowest BCUT2D eigenvalue weighted by atomic mass is 10.0. The van der Waals surface area contributed by atoms with Gasteiger partial charge >= 0.3 is 0 Å². The van der Waals surface area contributed by atoms with E-state index in [-0.39, 0.29) is 0 Å². The van der Waals surface area contributed by atoms with Crippen LogP contribution in [0.15, 0.2) is 24.3 Å². The molecule has 1 aromatic rings. The number of rotatable bonds is 4. The molecular weight excluding hydrogens is 208 g/mol. The minimum Gasteiger partial charge on any atom is -0.330 e. The van der Waals surface area contributed by atoms with E-state index >= 15 is 0 Å². The smallest absolute Gasteiger partial charge is 0.0233 e. The highest BCUT2D eigenvalue weighted by atomic mass is 15.1. The summed E-state index contributed by atoms with van der Waals surface area (Å²) in [5, 5.41) is 0. The molecule has 94 valence electrons. The highest BCUT2D eigenvalue weighted by Gasteiger charge is 2.20. The number of hydrogen-bond acceptors (Lipinski definition) is 2. The number of benzene rings is 1. The molecule has 1 heterocycles. The van der Waals surface area contributed by atoms with Gasteiger partial charge in [-0.15, -0.1) is 0 Å². The fourth-order valence-electron chi connectivity index (χ4n) is 2.52. The zero-order valence-corrected chi connectivity index (χ0v) is 11.0. The normalized spacial score (nSPS) is 21.3. The average molecular weight is 232 g/mol. The molecule has 0 aromatic heterocycles. The van der Waals surface area contributed by atoms with E-state index in [1.807, 2.05) is 0 Å². The van der Waals surface area contributed by atoms with Gasteiger partial charge < -0.3 is 5.73 Å². The molecule has 1 aliphatic rings. The van der Waals surface area contributed by atoms with Crippen LogP contribution in [0.2, 0.25) is 0 Å². The van der Waals surface area contributed by atoms with Crippen molar-refractivity contribution in [3.05, 3.63) is 35.4 Å². The monoisotopic (exact) mass is 232 g/mol. The Hall–Kier alpha value is -0.860. The molecule has 1 fully saturated rings. The molecule has 17 heavy (non-hydrogen) atoms. The van der Waals surface area contributed by atoms with E-state index in [2.05, 4.69) is 43.0 Å². The van der Waals surface area contributed by atoms with Gasteiger partial charge in [0.1, 0.15) is 0 Å². The first-order chi connectivity index (χ1) is 8.19. The van der Waals surface area contributed by atoms with Crippen LogP contribution in [-0.2, 0) is 6.54 Å². The maximum Gasteiger partial charge on any atom is 0.0233 e. The van der Waals surface area contributed by atoms with Gasteiger partial charge in [-0.05, 0) is 42.5 Å². The van der Waals surface area contributed by atoms with Crippen molar-refractivity contribution in [1.82, 2.24) is 4.90 Å². The molecule has 0 aliphatic carbocycles. The largest absolute Gasteiger partial charge is 0.330 e. The minimum absolute atomic E-state index is 0.623. The summed E-state index contributed by atoms with van der Waals surface area (Å²) >= 11 is 0. The summed E-state index contributed by atoms with van der Waals surface area (Å²) in [6.45, 7) is 8.76. The van der Waals surface area contributed by atoms with Crippen molar-refractivity contribution in [2.24, 2.45) is 11.7 Å². The molecule has 1 aromatic carbocycles. The zero-order valence-electron chi connectivity index (χ0n) is 11.0. The molecule has 0 bridgehead atoms. The van der Waals surface area contributed by atoms with Crippen molar-refractivity contribution in [1.29, 1.82) is 0 Å². The zero-order chi connectivity index (χ0) is 12.3. The standard InChI is InChI=1S/C15H24N2/c1-12(2)15-5-3-13(4-6-15)10-17-8-7-14(9-16)11-17/h3-6,12,14H,7-11,16H2,1-2H3. The van der Waals surface area contributed by atoms with Gasteiger partial charge in [0.25, 0.3) is 0 Å². The molecule has 0 amide bonds. The van der Waals surface area contributed by atoms with E-state index in [1.54, 1.807) is 0 Å². The third-order valence-corrected chi connectivity index (χ3v) is 3.76. The van der Waals surface area contributed by atoms with Crippen molar-refractivity contribution < 1.29 is 0 Å². The SMILES string of the molecule is CC(C)c1ccc(CN2CCC(CN)C2)cc1. The first-order valence-corrected chi connectivity index (χ1v) is 6.70. The Kier molecular flexibility index (Phi) is 4.19. The van der Waals surface area contributed by atoms with Crippen LogP contribution in [0, 0.1) is 5.92 Å². The van der Waals surface area contributed by atoms with Gasteiger partial charge in [-0.25, -0.2) is 0 Å². The van der Waals surface area contributed by atoms with Gasteiger partial charge in [0, 0.05) is 13.1 Å². The van der Waals surface area contributed by atoms with E-state index in [0.29, 0.717) is 11.8 Å². The van der Waals surface area contributed by atoms with Crippen LogP contribution in [0.5, 0.6) is 0 Å². The summed E-state index contributed by atoms with van der Waals surface area (Å²) < 4.78 is 0. The van der Waals surface area contributed by atoms with Gasteiger partial charge in [-0.3, -0.25) is 4.90 Å². The van der Waals surface area contributed by atoms with Crippen LogP contribution in [0.1, 0.15) is 37.3 Å². The van der Waals surface area contributed by atoms with Crippen LogP contribution >= 0.6 is 0 Å². The lowest BCUT2D eigenvalue weighted by molar-refractivity contribution is 0.318. The highest BCUT2D eigenvalue weighted by molar-refractivity contribution is 5.24. The van der Waals surface area contributed by atoms with Crippen LogP contribution in [-0.4, -0.2) is 24.5 Å². The minimum atomic E-state index is 0.623. The Morgan fingerprint density at radius 2 is 2.00 bits per heavy atom. The van der Waals surface area contributed by atoms with Crippen molar-refractivity contribution in [3.63, 3.8) is 0 Å². The van der Waals surface area contributed by atoms with Gasteiger partial charge in [0.2, 0.25) is 0 Å². The summed E-state index contributed by atoms with van der Waals surface area (Å²) in [5.41, 5.74) is 8.57. The maximum atomic E-state index is 5.72. The molecule has 2 rings (SSSR count). The second-order valence-corrected chi connectivity index (χ2v) is 5.52. The van der Waals surface area contributed by atoms with Gasteiger partial charge in [0.15, 0.2) is 0 Å². The third kappa shape index (κ3) is 3.30. The predicted octanol–water partition coefficient (Wildman–Crippen LogP) is 2.59. The summed E-state index contributed by atoms with van der Waals surface area (Å²) in [6, 6.07) is 9.06. The molecule has 0 spiro atoms. The van der Waals surface area contributed by atoms with Gasteiger partial charge in [0.05, 0.1) is 0 Å². The average Bonchev–Trinajstić information content (AvgIpc) is 2.77. The molecule has 1 saturated heterocycles. The van der Waals surface area contributed by atoms with E-state index in [0.717, 1.165) is 13.1 Å². The quantitative estimate of drug-likeness (QED) is 0.864. The van der Waals surface area contributed by atoms with Crippen molar-refractivity contribution in [2.75, 3.05) is 19.6 Å². The van der Waals surface area contributed by atoms with Crippen molar-refractivity contribution >= 4 is 0 Å². The summed E-state index contributed by atoms with van der Waals surface area (Å²) in [5.74, 6) is 1.34. The summed E-state index contributed by atoms with van der Waals surface area (Å²) in [6.07, 6.45) is 1.26. The Balaban J connectivity index is 1.91. The van der Waals surface area contributed by atoms with E-state index < -0.39 is 0 Å². The van der Waals surface area contributed by atoms with Crippen molar-refractivity contribution in [3.8, 4) is 0 Å². The number of hydrogen-bond donors (Lipinski definition) is 1. The van der Waals surface area contributed by atoms with Crippen molar-refractivity contribution in [2.45, 2.75) is 32.7 Å². The van der Waals surface area contributed by atoms with Crippen LogP contribution in [0.3, 0.4) is 0 Å². The molecule has 2 nitrogen and oxygen atoms in total. The third-order valence-electron chi connectivity index (χ3n) is 3.76. The number of nitrogens with two attached hydrogens (primary N) is 1. The lowest BCUT2D eigenvalue weighted by Gasteiger charge is -2.16. The number of likely N-dealkylation sites (tertiary alicyclic amines) is 1. The van der Waals surface area contributed by atoms with E-state index in [9.17, 15) is 0 Å². The van der Waals surface area contributed by atoms with E-state index in [4.69, 9.17) is 5.73 Å². The topological polar surface area (TPSA) is 29.3 Å². The Bertz CT molecular complexity index is 342. The Morgan fingerprint density at radius 1 is 1.29 bits per heavy atom. The van der Waals surface area contributed by atoms with Crippen LogP contribution < -0.4 is 5.73 Å². The van der Waals surface area contributed by atoms with Gasteiger partial charge in [-0.2, -0.15) is 0 Å². The molecular formula is C15H24N2. The molecule has 1 unspecified atom stereocenters. The predicted molar refractivity (Wildman–Crippen MR) is 73.0 cm³/mol. The van der Waals surface area contributed by atoms with Gasteiger partial charge in [-0.1, -0.05) is 38.1 Å². The molecule has 2 heteroatoms. The second-order valence-electron chi connectivity index (χ2n) is 5.52. The first kappa shape index (κ1) is 12.6. The van der Waals surface area contributed by atoms with Crippen LogP contribution in [0.4, 0.5) is 0 Å². The molecule has 2 N–H and O–H groups in total. The van der Waals surface area contributed by atoms with E-state index in [1.165, 1.54) is 30.6 Å². The Labute approximate surface area is 105 Å². The molecule has 1 aliphatic heterocycles. The van der Waals surface area contributed by atoms with Crippen LogP contribution in [0.25, 0.3) is 0 Å². The summed E-state index contributed by atoms with van der Waals surface area (Å²) in [7, 11) is 0. The maximum absolute atomic E-state index is 5.72. The molecule has 0 radical (unpaired) electrons. The molecule has 0 saturated carbocycles. The molecule has 1 atom stereocenters. The second kappa shape index (κ2) is 5.65. The fourth-order valence-corrected chi connectivity index (χ4v) is 2.52. The number of nitrogens with zero attached hydrogens (tertiary/aromatic N) is 1. The summed E-state index contributed by atoms with van der Waals surface area (Å²) in [4.78, 5) is 2.52. The lowest BCUT2D eigenvalue weighted by Crippen LogP contribution is -2.22. The Morgan fingerprint density at radius 3 is 2.53 bits per heavy atom.